The summed E-state index contributed by atoms with van der Waals surface area (Å²) in [6.45, 7) is 1.92. The van der Waals surface area contributed by atoms with Gasteiger partial charge in [0.15, 0.2) is 0 Å². The summed E-state index contributed by atoms with van der Waals surface area (Å²) in [5.74, 6) is -0.413. The number of sulfonamides is 2. The number of anilines is 1. The number of hydrogen-bond acceptors (Lipinski definition) is 6. The molecule has 2 aliphatic rings. The molecule has 35 heavy (non-hydrogen) atoms. The number of nitrogens with zero attached hydrogens (tertiary/aromatic N) is 3. The zero-order valence-corrected chi connectivity index (χ0v) is 21.7. The highest BCUT2D eigenvalue weighted by atomic mass is 32.3. The number of carbonyl (C=O) groups excluding carboxylic acids is 1. The highest BCUT2D eigenvalue weighted by molar-refractivity contribution is 8.09. The number of likely N-dealkylation sites (N-methyl/N-ethyl adjacent to an activating group) is 1. The summed E-state index contributed by atoms with van der Waals surface area (Å²) in [4.78, 5) is 17.3. The van der Waals surface area contributed by atoms with E-state index in [1.807, 2.05) is 0 Å². The van der Waals surface area contributed by atoms with Crippen molar-refractivity contribution in [3.63, 3.8) is 0 Å². The maximum Gasteiger partial charge on any atom is 0.416 e. The molecule has 1 aromatic rings. The molecule has 0 radical (unpaired) electrons. The molecule has 2 atom stereocenters. The lowest BCUT2D eigenvalue weighted by Crippen LogP contribution is -2.53. The van der Waals surface area contributed by atoms with Crippen LogP contribution in [0.1, 0.15) is 49.7 Å². The first-order valence-corrected chi connectivity index (χ1v) is 15.2. The van der Waals surface area contributed by atoms with Gasteiger partial charge < -0.3 is 4.90 Å². The summed E-state index contributed by atoms with van der Waals surface area (Å²) in [5.41, 5.74) is -2.01. The number of hydrogen-bond donors (Lipinski definition) is 0. The number of likely N-dealkylation sites (tertiary alicyclic amines) is 1. The van der Waals surface area contributed by atoms with Crippen molar-refractivity contribution in [3.05, 3.63) is 29.3 Å². The fraction of sp³-hybridized carbons (Fsp3) is 0.682. The van der Waals surface area contributed by atoms with Crippen molar-refractivity contribution in [1.29, 1.82) is 0 Å². The van der Waals surface area contributed by atoms with Gasteiger partial charge in [-0.2, -0.15) is 16.9 Å². The lowest BCUT2D eigenvalue weighted by atomic mass is 9.88. The fourth-order valence-corrected chi connectivity index (χ4v) is 8.20. The molecule has 1 saturated heterocycles. The van der Waals surface area contributed by atoms with Crippen LogP contribution in [0.5, 0.6) is 0 Å². The van der Waals surface area contributed by atoms with E-state index in [0.29, 0.717) is 18.6 Å². The summed E-state index contributed by atoms with van der Waals surface area (Å²) in [5, 5.41) is 0. The second kappa shape index (κ2) is 10.3. The summed E-state index contributed by atoms with van der Waals surface area (Å²) >= 11 is 0. The molecule has 1 aromatic carbocycles. The van der Waals surface area contributed by atoms with Gasteiger partial charge in [0.05, 0.1) is 30.2 Å². The lowest BCUT2D eigenvalue weighted by Gasteiger charge is -2.42. The number of carbonyl (C=O) groups is 1. The van der Waals surface area contributed by atoms with Gasteiger partial charge in [0.25, 0.3) is 0 Å². The van der Waals surface area contributed by atoms with Gasteiger partial charge in [-0.05, 0) is 56.5 Å². The van der Waals surface area contributed by atoms with Crippen LogP contribution in [0.25, 0.3) is 0 Å². The topological polar surface area (TPSA) is 95.1 Å². The predicted octanol–water partition coefficient (Wildman–Crippen LogP) is 2.84. The zero-order valence-electron chi connectivity index (χ0n) is 20.1. The van der Waals surface area contributed by atoms with E-state index >= 15 is 0 Å². The maximum atomic E-state index is 13.4. The van der Waals surface area contributed by atoms with Crippen molar-refractivity contribution in [3.8, 4) is 0 Å². The molecule has 1 heterocycles. The van der Waals surface area contributed by atoms with Gasteiger partial charge in [0.2, 0.25) is 26.0 Å². The Labute approximate surface area is 205 Å². The molecule has 0 unspecified atom stereocenters. The molecule has 0 spiro atoms. The molecule has 0 N–H and O–H groups in total. The van der Waals surface area contributed by atoms with Gasteiger partial charge in [0.1, 0.15) is 0 Å². The molecule has 0 aromatic heterocycles. The number of amides is 1. The second-order valence-corrected chi connectivity index (χ2v) is 13.3. The Kier molecular flexibility index (Phi) is 8.12. The molecule has 3 rings (SSSR count). The molecule has 0 bridgehead atoms. The van der Waals surface area contributed by atoms with Crippen LogP contribution in [0.15, 0.2) is 18.2 Å². The number of rotatable bonds is 7. The Morgan fingerprint density at radius 3 is 2.11 bits per heavy atom. The predicted molar refractivity (Wildman–Crippen MR) is 127 cm³/mol. The van der Waals surface area contributed by atoms with Crippen LogP contribution < -0.4 is 3.71 Å². The summed E-state index contributed by atoms with van der Waals surface area (Å²) < 4.78 is 89.4. The number of halogens is 3. The smallest absolute Gasteiger partial charge is 0.341 e. The number of benzene rings is 1. The van der Waals surface area contributed by atoms with E-state index in [9.17, 15) is 34.8 Å². The Hall–Kier alpha value is -1.86. The van der Waals surface area contributed by atoms with Crippen LogP contribution >= 0.6 is 0 Å². The van der Waals surface area contributed by atoms with Gasteiger partial charge in [-0.1, -0.05) is 18.9 Å². The van der Waals surface area contributed by atoms with E-state index < -0.39 is 49.8 Å². The lowest BCUT2D eigenvalue weighted by molar-refractivity contribution is -0.137. The average molecular weight is 540 g/mol. The van der Waals surface area contributed by atoms with E-state index in [2.05, 4.69) is 4.90 Å². The molecule has 1 saturated carbocycles. The molecule has 198 valence electrons. The van der Waals surface area contributed by atoms with Crippen molar-refractivity contribution in [1.82, 2.24) is 9.80 Å². The van der Waals surface area contributed by atoms with Crippen molar-refractivity contribution < 1.29 is 34.8 Å². The van der Waals surface area contributed by atoms with E-state index in [1.165, 1.54) is 0 Å². The third-order valence-electron chi connectivity index (χ3n) is 6.75. The molecular formula is C22H32F3N3O5S2. The van der Waals surface area contributed by atoms with E-state index in [4.69, 9.17) is 0 Å². The van der Waals surface area contributed by atoms with Gasteiger partial charge in [0, 0.05) is 19.1 Å². The second-order valence-electron chi connectivity index (χ2n) is 9.41. The zero-order chi connectivity index (χ0) is 26.2. The summed E-state index contributed by atoms with van der Waals surface area (Å²) in [7, 11) is -7.37. The molecule has 13 heteroatoms. The summed E-state index contributed by atoms with van der Waals surface area (Å²) in [6.07, 6.45) is 1.86. The fourth-order valence-electron chi connectivity index (χ4n) is 5.18. The molecule has 2 fully saturated rings. The van der Waals surface area contributed by atoms with E-state index in [1.54, 1.807) is 11.9 Å². The third-order valence-corrected chi connectivity index (χ3v) is 9.97. The first-order chi connectivity index (χ1) is 16.1. The third kappa shape index (κ3) is 6.48. The van der Waals surface area contributed by atoms with Gasteiger partial charge >= 0.3 is 6.18 Å². The van der Waals surface area contributed by atoms with E-state index in [-0.39, 0.29) is 21.4 Å². The van der Waals surface area contributed by atoms with Crippen molar-refractivity contribution in [2.24, 2.45) is 0 Å². The summed E-state index contributed by atoms with van der Waals surface area (Å²) in [6, 6.07) is 2.29. The van der Waals surface area contributed by atoms with Gasteiger partial charge in [-0.25, -0.2) is 16.8 Å². The van der Waals surface area contributed by atoms with Crippen molar-refractivity contribution >= 4 is 31.6 Å². The highest BCUT2D eigenvalue weighted by Gasteiger charge is 2.38. The molecular weight excluding hydrogens is 507 g/mol. The Morgan fingerprint density at radius 1 is 1.00 bits per heavy atom. The molecule has 1 amide bonds. The van der Waals surface area contributed by atoms with Crippen LogP contribution in [0, 0.1) is 0 Å². The highest BCUT2D eigenvalue weighted by Crippen LogP contribution is 2.36. The maximum absolute atomic E-state index is 13.4. The quantitative estimate of drug-likeness (QED) is 0.529. The van der Waals surface area contributed by atoms with Crippen molar-refractivity contribution in [2.45, 2.75) is 63.2 Å². The number of alkyl halides is 3. The Bertz CT molecular complexity index is 1120. The van der Waals surface area contributed by atoms with E-state index in [0.717, 1.165) is 63.7 Å². The Morgan fingerprint density at radius 2 is 1.57 bits per heavy atom. The van der Waals surface area contributed by atoms with Crippen LogP contribution in [-0.2, 0) is 37.4 Å². The molecule has 8 nitrogen and oxygen atoms in total. The first-order valence-electron chi connectivity index (χ1n) is 11.5. The Balaban J connectivity index is 1.97. The van der Waals surface area contributed by atoms with Crippen LogP contribution in [0.2, 0.25) is 0 Å². The van der Waals surface area contributed by atoms with Gasteiger partial charge in [-0.15, -0.1) is 0 Å². The normalized spacial score (nSPS) is 22.2. The minimum atomic E-state index is -4.83. The standard InChI is InChI=1S/C22H32F3N3O5S2/c1-26(18-8-4-5-9-19(18)27-12-6-7-13-27)21(29)14-16-10-11-17(22(23,24)25)15-20(16)28(34(2,30)31)35(3,32)33/h10-11,15,18-19H,4-9,12-14H2,1-3H3/t18-,19-/m0/s1. The SMILES string of the molecule is CN(C(=O)Cc1ccc(C(F)(F)F)cc1N(S(C)(=O)=O)S(C)(=O)=O)[C@H]1CCCC[C@@H]1N1CCCC1. The van der Waals surface area contributed by atoms with Crippen LogP contribution in [0.3, 0.4) is 0 Å². The molecule has 1 aliphatic carbocycles. The van der Waals surface area contributed by atoms with Crippen LogP contribution in [-0.4, -0.2) is 77.3 Å². The molecule has 1 aliphatic heterocycles. The van der Waals surface area contributed by atoms with Gasteiger partial charge in [-0.3, -0.25) is 9.69 Å². The minimum Gasteiger partial charge on any atom is -0.341 e. The largest absolute Gasteiger partial charge is 0.416 e. The average Bonchev–Trinajstić information content (AvgIpc) is 3.26. The minimum absolute atomic E-state index is 0.0362. The monoisotopic (exact) mass is 539 g/mol. The van der Waals surface area contributed by atoms with Crippen molar-refractivity contribution in [2.75, 3.05) is 36.4 Å². The first kappa shape index (κ1) is 27.7. The van der Waals surface area contributed by atoms with Crippen LogP contribution in [0.4, 0.5) is 18.9 Å².